The SMILES string of the molecule is C=C(C)C1CCC2C=C(C)CCC2C1O. The van der Waals surface area contributed by atoms with Crippen LogP contribution < -0.4 is 0 Å². The molecule has 1 saturated carbocycles. The Balaban J connectivity index is 2.14. The lowest BCUT2D eigenvalue weighted by molar-refractivity contribution is 0.00442. The Bertz CT molecular complexity index is 290. The topological polar surface area (TPSA) is 20.2 Å². The van der Waals surface area contributed by atoms with Gasteiger partial charge in [-0.2, -0.15) is 0 Å². The zero-order valence-electron chi connectivity index (χ0n) is 9.87. The van der Waals surface area contributed by atoms with Gasteiger partial charge in [-0.1, -0.05) is 23.8 Å². The number of aliphatic hydroxyl groups is 1. The Kier molecular flexibility index (Phi) is 3.01. The number of hydrogen-bond donors (Lipinski definition) is 1. The first-order valence-corrected chi connectivity index (χ1v) is 6.10. The van der Waals surface area contributed by atoms with Crippen LogP contribution in [0.15, 0.2) is 23.8 Å². The summed E-state index contributed by atoms with van der Waals surface area (Å²) in [5.41, 5.74) is 2.67. The maximum Gasteiger partial charge on any atom is 0.0639 e. The highest BCUT2D eigenvalue weighted by Crippen LogP contribution is 2.43. The number of hydrogen-bond acceptors (Lipinski definition) is 1. The highest BCUT2D eigenvalue weighted by molar-refractivity contribution is 5.13. The molecule has 0 aromatic rings. The van der Waals surface area contributed by atoms with Gasteiger partial charge in [0.05, 0.1) is 6.10 Å². The Morgan fingerprint density at radius 2 is 2.13 bits per heavy atom. The van der Waals surface area contributed by atoms with Crippen molar-refractivity contribution in [2.75, 3.05) is 0 Å². The Hall–Kier alpha value is -0.560. The molecule has 0 radical (unpaired) electrons. The fourth-order valence-electron chi connectivity index (χ4n) is 3.28. The van der Waals surface area contributed by atoms with E-state index in [9.17, 15) is 5.11 Å². The Labute approximate surface area is 92.9 Å². The predicted molar refractivity (Wildman–Crippen MR) is 63.5 cm³/mol. The molecule has 1 nitrogen and oxygen atoms in total. The van der Waals surface area contributed by atoms with E-state index in [4.69, 9.17) is 0 Å². The average Bonchev–Trinajstić information content (AvgIpc) is 2.17. The normalized spacial score (nSPS) is 40.6. The lowest BCUT2D eigenvalue weighted by Crippen LogP contribution is -2.40. The van der Waals surface area contributed by atoms with E-state index in [2.05, 4.69) is 26.5 Å². The predicted octanol–water partition coefficient (Wildman–Crippen LogP) is 3.31. The second-order valence-corrected chi connectivity index (χ2v) is 5.40. The maximum absolute atomic E-state index is 10.3. The first-order chi connectivity index (χ1) is 7.09. The summed E-state index contributed by atoms with van der Waals surface area (Å²) in [6.07, 6.45) is 6.92. The quantitative estimate of drug-likeness (QED) is 0.653. The van der Waals surface area contributed by atoms with Crippen LogP contribution in [0.3, 0.4) is 0 Å². The molecule has 2 aliphatic rings. The number of allylic oxidation sites excluding steroid dienone is 2. The van der Waals surface area contributed by atoms with Gasteiger partial charge in [0, 0.05) is 5.92 Å². The van der Waals surface area contributed by atoms with Crippen LogP contribution in [-0.4, -0.2) is 11.2 Å². The van der Waals surface area contributed by atoms with E-state index in [0.717, 1.165) is 18.4 Å². The van der Waals surface area contributed by atoms with Crippen LogP contribution in [0.4, 0.5) is 0 Å². The molecule has 2 aliphatic carbocycles. The third-order valence-electron chi connectivity index (χ3n) is 4.22. The van der Waals surface area contributed by atoms with E-state index in [-0.39, 0.29) is 6.10 Å². The van der Waals surface area contributed by atoms with Crippen molar-refractivity contribution in [3.05, 3.63) is 23.8 Å². The van der Waals surface area contributed by atoms with E-state index in [1.165, 1.54) is 18.4 Å². The van der Waals surface area contributed by atoms with Crippen LogP contribution in [-0.2, 0) is 0 Å². The van der Waals surface area contributed by atoms with Crippen molar-refractivity contribution in [1.29, 1.82) is 0 Å². The maximum atomic E-state index is 10.3. The van der Waals surface area contributed by atoms with Gasteiger partial charge >= 0.3 is 0 Å². The van der Waals surface area contributed by atoms with Crippen molar-refractivity contribution in [1.82, 2.24) is 0 Å². The lowest BCUT2D eigenvalue weighted by atomic mass is 9.66. The van der Waals surface area contributed by atoms with Crippen molar-refractivity contribution in [3.63, 3.8) is 0 Å². The van der Waals surface area contributed by atoms with Gasteiger partial charge in [0.1, 0.15) is 0 Å². The molecule has 15 heavy (non-hydrogen) atoms. The second-order valence-electron chi connectivity index (χ2n) is 5.40. The van der Waals surface area contributed by atoms with Crippen molar-refractivity contribution < 1.29 is 5.11 Å². The largest absolute Gasteiger partial charge is 0.392 e. The first kappa shape index (κ1) is 10.9. The summed E-state index contributed by atoms with van der Waals surface area (Å²) in [7, 11) is 0. The molecule has 0 heterocycles. The average molecular weight is 206 g/mol. The molecule has 2 rings (SSSR count). The number of aliphatic hydroxyl groups excluding tert-OH is 1. The fourth-order valence-corrected chi connectivity index (χ4v) is 3.28. The zero-order valence-corrected chi connectivity index (χ0v) is 9.87. The molecular formula is C14H22O. The second kappa shape index (κ2) is 4.13. The molecule has 0 amide bonds. The molecule has 0 aromatic carbocycles. The summed E-state index contributed by atoms with van der Waals surface area (Å²) in [6.45, 7) is 8.28. The van der Waals surface area contributed by atoms with Crippen LogP contribution in [0.1, 0.15) is 39.5 Å². The first-order valence-electron chi connectivity index (χ1n) is 6.10. The van der Waals surface area contributed by atoms with E-state index >= 15 is 0 Å². The summed E-state index contributed by atoms with van der Waals surface area (Å²) in [5, 5.41) is 10.3. The third-order valence-corrected chi connectivity index (χ3v) is 4.22. The summed E-state index contributed by atoms with van der Waals surface area (Å²) in [6, 6.07) is 0. The summed E-state index contributed by atoms with van der Waals surface area (Å²) in [5.74, 6) is 1.46. The lowest BCUT2D eigenvalue weighted by Gasteiger charge is -2.42. The summed E-state index contributed by atoms with van der Waals surface area (Å²) in [4.78, 5) is 0. The monoisotopic (exact) mass is 206 g/mol. The molecule has 0 saturated heterocycles. The Morgan fingerprint density at radius 3 is 2.80 bits per heavy atom. The van der Waals surface area contributed by atoms with Gasteiger partial charge in [0.15, 0.2) is 0 Å². The van der Waals surface area contributed by atoms with Crippen molar-refractivity contribution >= 4 is 0 Å². The van der Waals surface area contributed by atoms with E-state index < -0.39 is 0 Å². The van der Waals surface area contributed by atoms with Gasteiger partial charge < -0.3 is 5.11 Å². The third kappa shape index (κ3) is 2.03. The van der Waals surface area contributed by atoms with Crippen LogP contribution in [0.5, 0.6) is 0 Å². The molecule has 4 unspecified atom stereocenters. The molecule has 0 aliphatic heterocycles. The van der Waals surface area contributed by atoms with Crippen LogP contribution >= 0.6 is 0 Å². The summed E-state index contributed by atoms with van der Waals surface area (Å²) < 4.78 is 0. The molecule has 1 N–H and O–H groups in total. The molecule has 0 aromatic heterocycles. The molecule has 84 valence electrons. The van der Waals surface area contributed by atoms with Gasteiger partial charge in [0.25, 0.3) is 0 Å². The van der Waals surface area contributed by atoms with Crippen molar-refractivity contribution in [2.45, 2.75) is 45.6 Å². The van der Waals surface area contributed by atoms with Gasteiger partial charge in [-0.25, -0.2) is 0 Å². The zero-order chi connectivity index (χ0) is 11.0. The highest BCUT2D eigenvalue weighted by atomic mass is 16.3. The van der Waals surface area contributed by atoms with Gasteiger partial charge in [0.2, 0.25) is 0 Å². The molecule has 1 fully saturated rings. The minimum absolute atomic E-state index is 0.148. The molecular weight excluding hydrogens is 184 g/mol. The van der Waals surface area contributed by atoms with Gasteiger partial charge in [-0.15, -0.1) is 0 Å². The summed E-state index contributed by atoms with van der Waals surface area (Å²) >= 11 is 0. The van der Waals surface area contributed by atoms with Gasteiger partial charge in [-0.3, -0.25) is 0 Å². The fraction of sp³-hybridized carbons (Fsp3) is 0.714. The molecule has 0 spiro atoms. The molecule has 4 atom stereocenters. The smallest absolute Gasteiger partial charge is 0.0639 e. The number of fused-ring (bicyclic) bond motifs is 1. The van der Waals surface area contributed by atoms with Crippen molar-refractivity contribution in [3.8, 4) is 0 Å². The minimum Gasteiger partial charge on any atom is -0.392 e. The number of rotatable bonds is 1. The van der Waals surface area contributed by atoms with Crippen LogP contribution in [0, 0.1) is 17.8 Å². The van der Waals surface area contributed by atoms with Gasteiger partial charge in [-0.05, 0) is 51.4 Å². The van der Waals surface area contributed by atoms with E-state index in [0.29, 0.717) is 17.8 Å². The standard InChI is InChI=1S/C14H22O/c1-9(2)12-7-5-11-8-10(3)4-6-13(11)14(12)15/h8,11-15H,1,4-7H2,2-3H3. The molecule has 1 heteroatoms. The molecule has 0 bridgehead atoms. The highest BCUT2D eigenvalue weighted by Gasteiger charge is 2.38. The van der Waals surface area contributed by atoms with Crippen LogP contribution in [0.25, 0.3) is 0 Å². The van der Waals surface area contributed by atoms with Crippen LogP contribution in [0.2, 0.25) is 0 Å². The minimum atomic E-state index is -0.148. The van der Waals surface area contributed by atoms with E-state index in [1.807, 2.05) is 0 Å². The van der Waals surface area contributed by atoms with Crippen molar-refractivity contribution in [2.24, 2.45) is 17.8 Å². The Morgan fingerprint density at radius 1 is 1.40 bits per heavy atom. The van der Waals surface area contributed by atoms with E-state index in [1.54, 1.807) is 0 Å².